The molecule has 0 fully saturated rings. The number of allylic oxidation sites excluding steroid dienone is 4. The summed E-state index contributed by atoms with van der Waals surface area (Å²) in [6.45, 7) is 1.82. The molecule has 0 spiro atoms. The van der Waals surface area contributed by atoms with Crippen molar-refractivity contribution in [1.29, 1.82) is 0 Å². The fourth-order valence-electron chi connectivity index (χ4n) is 3.28. The number of aliphatic carboxylic acids is 1. The second kappa shape index (κ2) is 6.96. The third-order valence-electron chi connectivity index (χ3n) is 4.51. The first-order chi connectivity index (χ1) is 13.0. The van der Waals surface area contributed by atoms with Gasteiger partial charge in [-0.25, -0.2) is 4.68 Å². The van der Waals surface area contributed by atoms with Crippen molar-refractivity contribution in [3.05, 3.63) is 59.3 Å². The summed E-state index contributed by atoms with van der Waals surface area (Å²) in [4.78, 5) is 11.2. The molecular formula is C20H17ClN4O2. The molecule has 1 atom stereocenters. The number of benzene rings is 1. The van der Waals surface area contributed by atoms with Gasteiger partial charge in [-0.05, 0) is 17.9 Å². The quantitative estimate of drug-likeness (QED) is 0.733. The highest BCUT2D eigenvalue weighted by molar-refractivity contribution is 6.37. The summed E-state index contributed by atoms with van der Waals surface area (Å²) in [6, 6.07) is 9.53. The van der Waals surface area contributed by atoms with Crippen LogP contribution < -0.4 is 0 Å². The highest BCUT2D eigenvalue weighted by Gasteiger charge is 2.23. The molecule has 0 radical (unpaired) electrons. The van der Waals surface area contributed by atoms with Crippen molar-refractivity contribution < 1.29 is 9.90 Å². The predicted molar refractivity (Wildman–Crippen MR) is 104 cm³/mol. The second-order valence-electron chi connectivity index (χ2n) is 6.59. The molecule has 0 aliphatic heterocycles. The summed E-state index contributed by atoms with van der Waals surface area (Å²) < 4.78 is 1.33. The Kier molecular flexibility index (Phi) is 4.49. The van der Waals surface area contributed by atoms with Crippen molar-refractivity contribution in [2.75, 3.05) is 0 Å². The summed E-state index contributed by atoms with van der Waals surface area (Å²) in [5.41, 5.74) is 3.44. The zero-order valence-corrected chi connectivity index (χ0v) is 15.4. The van der Waals surface area contributed by atoms with E-state index in [-0.39, 0.29) is 6.54 Å². The van der Waals surface area contributed by atoms with Crippen LogP contribution in [-0.4, -0.2) is 31.1 Å². The number of rotatable bonds is 4. The number of fused-ring (bicyclic) bond motifs is 1. The largest absolute Gasteiger partial charge is 0.480 e. The first-order valence-corrected chi connectivity index (χ1v) is 9.00. The zero-order valence-electron chi connectivity index (χ0n) is 14.6. The lowest BCUT2D eigenvalue weighted by molar-refractivity contribution is -0.137. The first kappa shape index (κ1) is 17.4. The van der Waals surface area contributed by atoms with Gasteiger partial charge in [0.2, 0.25) is 0 Å². The summed E-state index contributed by atoms with van der Waals surface area (Å²) in [5.74, 6) is -0.614. The Labute approximate surface area is 160 Å². The van der Waals surface area contributed by atoms with Gasteiger partial charge >= 0.3 is 5.97 Å². The third kappa shape index (κ3) is 3.24. The number of aromatic nitrogens is 4. The molecule has 1 aliphatic carbocycles. The number of carboxylic acid groups (broad SMARTS) is 1. The number of hydrogen-bond donors (Lipinski definition) is 1. The van der Waals surface area contributed by atoms with Gasteiger partial charge in [0.25, 0.3) is 0 Å². The molecule has 3 aromatic rings. The fraction of sp³-hybridized carbons (Fsp3) is 0.200. The normalized spacial score (nSPS) is 16.5. The van der Waals surface area contributed by atoms with E-state index in [0.29, 0.717) is 33.4 Å². The van der Waals surface area contributed by atoms with Gasteiger partial charge in [0.1, 0.15) is 17.9 Å². The molecule has 1 aromatic carbocycles. The van der Waals surface area contributed by atoms with E-state index in [1.165, 1.54) is 4.68 Å². The minimum atomic E-state index is -1.00. The van der Waals surface area contributed by atoms with Crippen molar-refractivity contribution in [3.63, 3.8) is 0 Å². The van der Waals surface area contributed by atoms with Gasteiger partial charge in [0.05, 0.1) is 10.4 Å². The summed E-state index contributed by atoms with van der Waals surface area (Å²) in [5, 5.41) is 23.3. The highest BCUT2D eigenvalue weighted by atomic mass is 35.5. The van der Waals surface area contributed by atoms with Crippen LogP contribution in [0.2, 0.25) is 5.02 Å². The molecule has 1 unspecified atom stereocenters. The predicted octanol–water partition coefficient (Wildman–Crippen LogP) is 4.21. The number of halogens is 1. The van der Waals surface area contributed by atoms with Gasteiger partial charge in [-0.3, -0.25) is 4.79 Å². The molecular weight excluding hydrogens is 364 g/mol. The Balaban J connectivity index is 1.96. The number of nitrogens with zero attached hydrogens (tertiary/aromatic N) is 4. The SMILES string of the molecule is CC1C=CC=C(c2nnc3c(c(-c4ccccc4)nn3CC(=O)O)c2Cl)C1. The first-order valence-electron chi connectivity index (χ1n) is 8.62. The van der Waals surface area contributed by atoms with E-state index in [1.807, 2.05) is 42.5 Å². The van der Waals surface area contributed by atoms with Crippen molar-refractivity contribution >= 4 is 34.2 Å². The Hall–Kier alpha value is -2.99. The fourth-order valence-corrected chi connectivity index (χ4v) is 3.61. The Morgan fingerprint density at radius 1 is 1.26 bits per heavy atom. The number of hydrogen-bond acceptors (Lipinski definition) is 4. The average molecular weight is 381 g/mol. The molecule has 7 heteroatoms. The van der Waals surface area contributed by atoms with E-state index in [2.05, 4.69) is 28.3 Å². The molecule has 0 bridgehead atoms. The molecule has 0 amide bonds. The maximum absolute atomic E-state index is 11.2. The molecule has 2 aromatic heterocycles. The Bertz CT molecular complexity index is 1090. The van der Waals surface area contributed by atoms with Crippen LogP contribution in [-0.2, 0) is 11.3 Å². The van der Waals surface area contributed by atoms with Gasteiger partial charge < -0.3 is 5.11 Å². The van der Waals surface area contributed by atoms with Crippen LogP contribution in [0.1, 0.15) is 19.0 Å². The molecule has 1 N–H and O–H groups in total. The molecule has 0 saturated heterocycles. The van der Waals surface area contributed by atoms with Crippen LogP contribution >= 0.6 is 11.6 Å². The zero-order chi connectivity index (χ0) is 19.0. The van der Waals surface area contributed by atoms with Crippen molar-refractivity contribution in [2.24, 2.45) is 5.92 Å². The molecule has 0 saturated carbocycles. The molecule has 2 heterocycles. The van der Waals surface area contributed by atoms with E-state index in [0.717, 1.165) is 17.6 Å². The molecule has 27 heavy (non-hydrogen) atoms. The number of carboxylic acids is 1. The van der Waals surface area contributed by atoms with E-state index < -0.39 is 5.97 Å². The van der Waals surface area contributed by atoms with Gasteiger partial charge in [-0.1, -0.05) is 67.1 Å². The minimum absolute atomic E-state index is 0.309. The van der Waals surface area contributed by atoms with Crippen LogP contribution in [0.5, 0.6) is 0 Å². The summed E-state index contributed by atoms with van der Waals surface area (Å²) >= 11 is 6.76. The van der Waals surface area contributed by atoms with E-state index in [9.17, 15) is 9.90 Å². The summed E-state index contributed by atoms with van der Waals surface area (Å²) in [7, 11) is 0. The maximum atomic E-state index is 11.2. The lowest BCUT2D eigenvalue weighted by Gasteiger charge is -2.15. The van der Waals surface area contributed by atoms with Gasteiger partial charge in [-0.2, -0.15) is 5.10 Å². The van der Waals surface area contributed by atoms with E-state index in [4.69, 9.17) is 11.6 Å². The van der Waals surface area contributed by atoms with Crippen LogP contribution in [0.25, 0.3) is 27.9 Å². The standard InChI is InChI=1S/C20H17ClN4O2/c1-12-6-5-9-14(10-12)19-17(21)16-18(13-7-3-2-4-8-13)24-25(11-15(26)27)20(16)23-22-19/h2-9,12H,10-11H2,1H3,(H,26,27). The third-order valence-corrected chi connectivity index (χ3v) is 4.88. The maximum Gasteiger partial charge on any atom is 0.325 e. The Morgan fingerprint density at radius 2 is 2.04 bits per heavy atom. The molecule has 4 rings (SSSR count). The highest BCUT2D eigenvalue weighted by Crippen LogP contribution is 2.37. The van der Waals surface area contributed by atoms with Crippen LogP contribution in [0, 0.1) is 5.92 Å². The van der Waals surface area contributed by atoms with E-state index in [1.54, 1.807) is 0 Å². The topological polar surface area (TPSA) is 80.9 Å². The lowest BCUT2D eigenvalue weighted by Crippen LogP contribution is -2.11. The minimum Gasteiger partial charge on any atom is -0.480 e. The molecule has 6 nitrogen and oxygen atoms in total. The molecule has 1 aliphatic rings. The van der Waals surface area contributed by atoms with Crippen LogP contribution in [0.3, 0.4) is 0 Å². The van der Waals surface area contributed by atoms with Crippen molar-refractivity contribution in [3.8, 4) is 11.3 Å². The average Bonchev–Trinajstić information content (AvgIpc) is 3.01. The Morgan fingerprint density at radius 3 is 2.74 bits per heavy atom. The van der Waals surface area contributed by atoms with Crippen molar-refractivity contribution in [1.82, 2.24) is 20.0 Å². The van der Waals surface area contributed by atoms with Crippen LogP contribution in [0.15, 0.2) is 48.6 Å². The lowest BCUT2D eigenvalue weighted by atomic mass is 9.93. The van der Waals surface area contributed by atoms with Gasteiger partial charge in [-0.15, -0.1) is 10.2 Å². The van der Waals surface area contributed by atoms with E-state index >= 15 is 0 Å². The number of carbonyl (C=O) groups is 1. The smallest absolute Gasteiger partial charge is 0.325 e. The van der Waals surface area contributed by atoms with Crippen molar-refractivity contribution in [2.45, 2.75) is 19.9 Å². The molecule has 136 valence electrons. The summed E-state index contributed by atoms with van der Waals surface area (Å²) in [6.07, 6.45) is 6.94. The van der Waals surface area contributed by atoms with Gasteiger partial charge in [0, 0.05) is 5.56 Å². The monoisotopic (exact) mass is 380 g/mol. The van der Waals surface area contributed by atoms with Crippen LogP contribution in [0.4, 0.5) is 0 Å². The second-order valence-corrected chi connectivity index (χ2v) is 6.96. The van der Waals surface area contributed by atoms with Gasteiger partial charge in [0.15, 0.2) is 5.65 Å².